The molecule has 1 aromatic heterocycles. The lowest BCUT2D eigenvalue weighted by molar-refractivity contribution is 0.385. The predicted octanol–water partition coefficient (Wildman–Crippen LogP) is 3.14. The third kappa shape index (κ3) is 2.36. The van der Waals surface area contributed by atoms with Gasteiger partial charge in [0.2, 0.25) is 5.88 Å². The molecule has 0 radical (unpaired) electrons. The lowest BCUT2D eigenvalue weighted by Crippen LogP contribution is -2.13. The normalized spacial score (nSPS) is 27.4. The van der Waals surface area contributed by atoms with Gasteiger partial charge in [0, 0.05) is 19.3 Å². The van der Waals surface area contributed by atoms with Gasteiger partial charge in [0.25, 0.3) is 0 Å². The van der Waals surface area contributed by atoms with Crippen LogP contribution in [0, 0.1) is 18.8 Å². The van der Waals surface area contributed by atoms with E-state index in [2.05, 4.69) is 22.3 Å². The molecule has 1 aliphatic heterocycles. The van der Waals surface area contributed by atoms with Crippen molar-refractivity contribution < 1.29 is 4.74 Å². The van der Waals surface area contributed by atoms with E-state index in [0.29, 0.717) is 0 Å². The maximum absolute atomic E-state index is 5.35. The zero-order valence-corrected chi connectivity index (χ0v) is 11.9. The number of fused-ring (bicyclic) bond motifs is 1. The van der Waals surface area contributed by atoms with Crippen molar-refractivity contribution >= 4 is 11.9 Å². The van der Waals surface area contributed by atoms with Crippen LogP contribution in [0.2, 0.25) is 0 Å². The number of pyridine rings is 1. The Morgan fingerprint density at radius 2 is 2.06 bits per heavy atom. The van der Waals surface area contributed by atoms with Crippen LogP contribution < -0.4 is 4.74 Å². The van der Waals surface area contributed by atoms with E-state index in [9.17, 15) is 0 Å². The number of aryl methyl sites for hydroxylation is 1. The molecule has 0 N–H and O–H groups in total. The van der Waals surface area contributed by atoms with Gasteiger partial charge in [-0.3, -0.25) is 0 Å². The van der Waals surface area contributed by atoms with Gasteiger partial charge in [-0.05, 0) is 55.2 Å². The van der Waals surface area contributed by atoms with Gasteiger partial charge in [0.1, 0.15) is 0 Å². The molecule has 2 heterocycles. The van der Waals surface area contributed by atoms with Crippen molar-refractivity contribution in [3.8, 4) is 5.88 Å². The zero-order valence-electron chi connectivity index (χ0n) is 11.1. The first kappa shape index (κ1) is 12.3. The Morgan fingerprint density at radius 3 is 2.72 bits per heavy atom. The molecule has 1 saturated heterocycles. The van der Waals surface area contributed by atoms with Gasteiger partial charge in [-0.15, -0.1) is 0 Å². The molecule has 0 bridgehead atoms. The molecule has 2 aliphatic rings. The fourth-order valence-electron chi connectivity index (χ4n) is 3.15. The molecule has 18 heavy (non-hydrogen) atoms. The van der Waals surface area contributed by atoms with Crippen LogP contribution in [-0.4, -0.2) is 29.5 Å². The molecule has 1 saturated carbocycles. The van der Waals surface area contributed by atoms with Crippen LogP contribution in [0.1, 0.15) is 24.8 Å². The van der Waals surface area contributed by atoms with Crippen LogP contribution in [0.5, 0.6) is 5.88 Å². The lowest BCUT2D eigenvalue weighted by Gasteiger charge is -2.17. The lowest BCUT2D eigenvalue weighted by atomic mass is 10.0. The van der Waals surface area contributed by atoms with Gasteiger partial charge in [0.15, 0.2) is 0 Å². The Hall–Kier alpha value is -0.740. The monoisotopic (exact) mass is 264 g/mol. The number of hydrogen-bond donors (Lipinski definition) is 0. The first-order chi connectivity index (χ1) is 8.76. The summed E-state index contributed by atoms with van der Waals surface area (Å²) in [6.07, 6.45) is 6.14. The smallest absolute Gasteiger partial charge is 0.228 e. The minimum atomic E-state index is 0.752. The molecule has 4 heteroatoms. The standard InChI is InChI=1S/C14H20N2OS/c1-10-6-13(14(17-2)15-7-10)18-16-8-11-4-3-5-12(11)9-16/h6-7,11-12H,3-5,8-9H2,1-2H3. The Kier molecular flexibility index (Phi) is 3.48. The molecule has 3 nitrogen and oxygen atoms in total. The largest absolute Gasteiger partial charge is 0.480 e. The first-order valence-electron chi connectivity index (χ1n) is 6.70. The van der Waals surface area contributed by atoms with Crippen LogP contribution in [0.4, 0.5) is 0 Å². The Bertz CT molecular complexity index is 426. The second kappa shape index (κ2) is 5.10. The van der Waals surface area contributed by atoms with Crippen LogP contribution in [-0.2, 0) is 0 Å². The summed E-state index contributed by atoms with van der Waals surface area (Å²) in [4.78, 5) is 5.49. The van der Waals surface area contributed by atoms with E-state index in [1.807, 2.05) is 18.1 Å². The summed E-state index contributed by atoms with van der Waals surface area (Å²) in [6.45, 7) is 4.54. The van der Waals surface area contributed by atoms with Crippen molar-refractivity contribution in [2.45, 2.75) is 31.1 Å². The zero-order chi connectivity index (χ0) is 12.5. The number of ether oxygens (including phenoxy) is 1. The van der Waals surface area contributed by atoms with Gasteiger partial charge < -0.3 is 4.74 Å². The number of aromatic nitrogens is 1. The van der Waals surface area contributed by atoms with E-state index in [4.69, 9.17) is 4.74 Å². The molecule has 3 rings (SSSR count). The molecular formula is C14H20N2OS. The van der Waals surface area contributed by atoms with Crippen molar-refractivity contribution in [1.82, 2.24) is 9.29 Å². The van der Waals surface area contributed by atoms with Gasteiger partial charge >= 0.3 is 0 Å². The summed E-state index contributed by atoms with van der Waals surface area (Å²) in [5, 5.41) is 0. The highest BCUT2D eigenvalue weighted by Crippen LogP contribution is 2.42. The van der Waals surface area contributed by atoms with E-state index < -0.39 is 0 Å². The third-order valence-corrected chi connectivity index (χ3v) is 5.11. The van der Waals surface area contributed by atoms with Crippen molar-refractivity contribution in [1.29, 1.82) is 0 Å². The maximum atomic E-state index is 5.35. The van der Waals surface area contributed by atoms with Crippen molar-refractivity contribution in [3.63, 3.8) is 0 Å². The summed E-state index contributed by atoms with van der Waals surface area (Å²) < 4.78 is 7.84. The highest BCUT2D eigenvalue weighted by Gasteiger charge is 2.36. The molecule has 2 unspecified atom stereocenters. The predicted molar refractivity (Wildman–Crippen MR) is 73.8 cm³/mol. The highest BCUT2D eigenvalue weighted by atomic mass is 32.2. The Labute approximate surface area is 113 Å². The second-order valence-corrected chi connectivity index (χ2v) is 6.55. The summed E-state index contributed by atoms with van der Waals surface area (Å²) in [5.41, 5.74) is 1.19. The molecule has 0 aromatic carbocycles. The number of hydrogen-bond acceptors (Lipinski definition) is 4. The van der Waals surface area contributed by atoms with E-state index in [0.717, 1.165) is 22.6 Å². The van der Waals surface area contributed by atoms with Gasteiger partial charge in [-0.25, -0.2) is 9.29 Å². The highest BCUT2D eigenvalue weighted by molar-refractivity contribution is 7.97. The molecule has 2 fully saturated rings. The van der Waals surface area contributed by atoms with Crippen molar-refractivity contribution in [2.75, 3.05) is 20.2 Å². The molecule has 1 aliphatic carbocycles. The summed E-state index contributed by atoms with van der Waals surface area (Å²) in [7, 11) is 1.69. The molecular weight excluding hydrogens is 244 g/mol. The minimum Gasteiger partial charge on any atom is -0.480 e. The fraction of sp³-hybridized carbons (Fsp3) is 0.643. The average Bonchev–Trinajstić information content (AvgIpc) is 2.90. The van der Waals surface area contributed by atoms with Crippen LogP contribution in [0.25, 0.3) is 0 Å². The minimum absolute atomic E-state index is 0.752. The SMILES string of the molecule is COc1ncc(C)cc1SN1CC2CCCC2C1. The second-order valence-electron chi connectivity index (χ2n) is 5.41. The van der Waals surface area contributed by atoms with E-state index >= 15 is 0 Å². The number of methoxy groups -OCH3 is 1. The molecule has 1 aromatic rings. The van der Waals surface area contributed by atoms with E-state index in [-0.39, 0.29) is 0 Å². The topological polar surface area (TPSA) is 25.4 Å². The molecule has 2 atom stereocenters. The fourth-order valence-corrected chi connectivity index (χ4v) is 4.42. The van der Waals surface area contributed by atoms with Gasteiger partial charge in [0.05, 0.1) is 12.0 Å². The van der Waals surface area contributed by atoms with Crippen molar-refractivity contribution in [2.24, 2.45) is 11.8 Å². The number of nitrogens with zero attached hydrogens (tertiary/aromatic N) is 2. The molecule has 0 amide bonds. The number of rotatable bonds is 3. The van der Waals surface area contributed by atoms with Crippen LogP contribution in [0.3, 0.4) is 0 Å². The summed E-state index contributed by atoms with van der Waals surface area (Å²) in [5.74, 6) is 2.62. The third-order valence-electron chi connectivity index (χ3n) is 4.07. The van der Waals surface area contributed by atoms with Gasteiger partial charge in [-0.1, -0.05) is 6.42 Å². The van der Waals surface area contributed by atoms with Crippen LogP contribution >= 0.6 is 11.9 Å². The quantitative estimate of drug-likeness (QED) is 0.783. The Balaban J connectivity index is 1.71. The van der Waals surface area contributed by atoms with Crippen molar-refractivity contribution in [3.05, 3.63) is 17.8 Å². The first-order valence-corrected chi connectivity index (χ1v) is 7.47. The van der Waals surface area contributed by atoms with E-state index in [1.54, 1.807) is 7.11 Å². The maximum Gasteiger partial charge on any atom is 0.228 e. The molecule has 0 spiro atoms. The van der Waals surface area contributed by atoms with Crippen LogP contribution in [0.15, 0.2) is 17.2 Å². The average molecular weight is 264 g/mol. The van der Waals surface area contributed by atoms with Gasteiger partial charge in [-0.2, -0.15) is 0 Å². The Morgan fingerprint density at radius 1 is 1.33 bits per heavy atom. The summed E-state index contributed by atoms with van der Waals surface area (Å²) >= 11 is 1.82. The molecule has 98 valence electrons. The van der Waals surface area contributed by atoms with E-state index in [1.165, 1.54) is 37.9 Å². The summed E-state index contributed by atoms with van der Waals surface area (Å²) in [6, 6.07) is 2.17.